The van der Waals surface area contributed by atoms with Crippen LogP contribution in [0.15, 0.2) is 70.6 Å². The zero-order valence-electron chi connectivity index (χ0n) is 19.4. The number of ether oxygens (including phenoxy) is 1. The SMILES string of the molecule is CNc1cc(N=C(Sc2ccc(C)cc2C)N(CCOC)Cc2ccc(O)cc2)ccc1Cl. The molecular formula is C26H30ClN3O2S. The summed E-state index contributed by atoms with van der Waals surface area (Å²) in [6.45, 7) is 6.08. The zero-order valence-corrected chi connectivity index (χ0v) is 21.0. The molecule has 0 unspecified atom stereocenters. The van der Waals surface area contributed by atoms with Crippen LogP contribution in [0.4, 0.5) is 11.4 Å². The number of phenols is 1. The van der Waals surface area contributed by atoms with Crippen molar-refractivity contribution in [1.82, 2.24) is 4.90 Å². The van der Waals surface area contributed by atoms with Crippen LogP contribution in [-0.2, 0) is 11.3 Å². The van der Waals surface area contributed by atoms with E-state index in [1.54, 1.807) is 31.0 Å². The van der Waals surface area contributed by atoms with Crippen LogP contribution in [0.2, 0.25) is 5.02 Å². The van der Waals surface area contributed by atoms with Crippen molar-refractivity contribution in [3.63, 3.8) is 0 Å². The number of thioether (sulfide) groups is 1. The molecule has 0 fully saturated rings. The van der Waals surface area contributed by atoms with Gasteiger partial charge in [-0.15, -0.1) is 0 Å². The van der Waals surface area contributed by atoms with Gasteiger partial charge in [0, 0.05) is 32.1 Å². The molecule has 33 heavy (non-hydrogen) atoms. The summed E-state index contributed by atoms with van der Waals surface area (Å²) in [5.74, 6) is 0.251. The van der Waals surface area contributed by atoms with E-state index in [4.69, 9.17) is 21.3 Å². The Balaban J connectivity index is 2.03. The Labute approximate surface area is 205 Å². The molecule has 0 radical (unpaired) electrons. The van der Waals surface area contributed by atoms with Crippen LogP contribution in [0.3, 0.4) is 0 Å². The molecule has 0 atom stereocenters. The fraction of sp³-hybridized carbons (Fsp3) is 0.269. The van der Waals surface area contributed by atoms with Crippen LogP contribution in [-0.4, -0.2) is 42.5 Å². The third kappa shape index (κ3) is 7.16. The van der Waals surface area contributed by atoms with Crippen LogP contribution >= 0.6 is 23.4 Å². The van der Waals surface area contributed by atoms with E-state index in [-0.39, 0.29) is 5.75 Å². The molecule has 174 valence electrons. The lowest BCUT2D eigenvalue weighted by atomic mass is 10.2. The van der Waals surface area contributed by atoms with Gasteiger partial charge in [0.05, 0.1) is 23.0 Å². The van der Waals surface area contributed by atoms with Gasteiger partial charge in [-0.25, -0.2) is 4.99 Å². The predicted octanol–water partition coefficient (Wildman–Crippen LogP) is 6.63. The third-order valence-corrected chi connectivity index (χ3v) is 6.66. The maximum absolute atomic E-state index is 9.68. The highest BCUT2D eigenvalue weighted by Crippen LogP contribution is 2.31. The number of aromatic hydroxyl groups is 1. The Hall–Kier alpha value is -2.67. The van der Waals surface area contributed by atoms with Gasteiger partial charge in [0.2, 0.25) is 0 Å². The average molecular weight is 484 g/mol. The number of anilines is 1. The Morgan fingerprint density at radius 2 is 1.85 bits per heavy atom. The number of methoxy groups -OCH3 is 1. The van der Waals surface area contributed by atoms with Crippen molar-refractivity contribution < 1.29 is 9.84 Å². The van der Waals surface area contributed by atoms with Gasteiger partial charge in [0.15, 0.2) is 5.17 Å². The minimum atomic E-state index is 0.251. The molecule has 0 bridgehead atoms. The molecule has 0 saturated carbocycles. The lowest BCUT2D eigenvalue weighted by Gasteiger charge is -2.26. The highest BCUT2D eigenvalue weighted by atomic mass is 35.5. The van der Waals surface area contributed by atoms with Crippen LogP contribution in [0.1, 0.15) is 16.7 Å². The lowest BCUT2D eigenvalue weighted by Crippen LogP contribution is -2.31. The standard InChI is InChI=1S/C26H30ClN3O2S/c1-18-5-12-25(19(2)15-18)33-26(29-21-8-11-23(27)24(16-21)28-3)30(13-14-32-4)17-20-6-9-22(31)10-7-20/h5-12,15-16,28,31H,13-14,17H2,1-4H3. The fourth-order valence-electron chi connectivity index (χ4n) is 3.32. The maximum Gasteiger partial charge on any atom is 0.169 e. The number of benzene rings is 3. The summed E-state index contributed by atoms with van der Waals surface area (Å²) in [4.78, 5) is 8.39. The van der Waals surface area contributed by atoms with E-state index < -0.39 is 0 Å². The first-order valence-corrected chi connectivity index (χ1v) is 11.9. The van der Waals surface area contributed by atoms with E-state index >= 15 is 0 Å². The second-order valence-electron chi connectivity index (χ2n) is 7.76. The molecule has 0 spiro atoms. The molecule has 2 N–H and O–H groups in total. The van der Waals surface area contributed by atoms with E-state index in [2.05, 4.69) is 42.3 Å². The Morgan fingerprint density at radius 1 is 1.09 bits per heavy atom. The second kappa shape index (κ2) is 12.0. The van der Waals surface area contributed by atoms with E-state index in [1.165, 1.54) is 11.1 Å². The number of phenolic OH excluding ortho intramolecular Hbond substituents is 1. The van der Waals surface area contributed by atoms with Crippen LogP contribution < -0.4 is 5.32 Å². The number of halogens is 1. The summed E-state index contributed by atoms with van der Waals surface area (Å²) in [5.41, 5.74) is 5.15. The molecule has 0 aliphatic rings. The van der Waals surface area contributed by atoms with Crippen molar-refractivity contribution in [3.8, 4) is 5.75 Å². The highest BCUT2D eigenvalue weighted by Gasteiger charge is 2.16. The molecule has 0 amide bonds. The third-order valence-electron chi connectivity index (χ3n) is 5.12. The molecule has 0 heterocycles. The summed E-state index contributed by atoms with van der Waals surface area (Å²) in [7, 11) is 3.54. The number of hydrogen-bond donors (Lipinski definition) is 2. The molecule has 7 heteroatoms. The minimum Gasteiger partial charge on any atom is -0.508 e. The normalized spacial score (nSPS) is 11.5. The lowest BCUT2D eigenvalue weighted by molar-refractivity contribution is 0.175. The van der Waals surface area contributed by atoms with Crippen molar-refractivity contribution in [1.29, 1.82) is 0 Å². The largest absolute Gasteiger partial charge is 0.508 e. The monoisotopic (exact) mass is 483 g/mol. The van der Waals surface area contributed by atoms with E-state index in [0.29, 0.717) is 24.7 Å². The number of rotatable bonds is 8. The molecular weight excluding hydrogens is 454 g/mol. The summed E-state index contributed by atoms with van der Waals surface area (Å²) >= 11 is 7.92. The van der Waals surface area contributed by atoms with Gasteiger partial charge in [-0.05, 0) is 61.4 Å². The van der Waals surface area contributed by atoms with E-state index in [9.17, 15) is 5.11 Å². The van der Waals surface area contributed by atoms with Crippen molar-refractivity contribution in [2.24, 2.45) is 4.99 Å². The minimum absolute atomic E-state index is 0.251. The first kappa shape index (κ1) is 25.0. The fourth-order valence-corrected chi connectivity index (χ4v) is 4.52. The molecule has 0 aliphatic carbocycles. The first-order valence-electron chi connectivity index (χ1n) is 10.7. The maximum atomic E-state index is 9.68. The first-order chi connectivity index (χ1) is 15.9. The number of aryl methyl sites for hydroxylation is 2. The van der Waals surface area contributed by atoms with E-state index in [1.807, 2.05) is 37.4 Å². The van der Waals surface area contributed by atoms with Crippen LogP contribution in [0.25, 0.3) is 0 Å². The molecule has 0 aromatic heterocycles. The van der Waals surface area contributed by atoms with Gasteiger partial charge in [-0.1, -0.05) is 53.2 Å². The quantitative estimate of drug-likeness (QED) is 0.214. The Kier molecular flexibility index (Phi) is 9.06. The Morgan fingerprint density at radius 3 is 2.52 bits per heavy atom. The molecule has 5 nitrogen and oxygen atoms in total. The molecule has 3 aromatic rings. The summed E-state index contributed by atoms with van der Waals surface area (Å²) in [5, 5.41) is 14.3. The average Bonchev–Trinajstić information content (AvgIpc) is 2.80. The summed E-state index contributed by atoms with van der Waals surface area (Å²) in [6, 6.07) is 19.4. The van der Waals surface area contributed by atoms with Gasteiger partial charge in [0.25, 0.3) is 0 Å². The van der Waals surface area contributed by atoms with Crippen LogP contribution in [0.5, 0.6) is 5.75 Å². The van der Waals surface area contributed by atoms with Crippen molar-refractivity contribution in [2.45, 2.75) is 25.3 Å². The van der Waals surface area contributed by atoms with Gasteiger partial charge in [-0.3, -0.25) is 0 Å². The predicted molar refractivity (Wildman–Crippen MR) is 140 cm³/mol. The summed E-state index contributed by atoms with van der Waals surface area (Å²) < 4.78 is 5.40. The number of nitrogens with zero attached hydrogens (tertiary/aromatic N) is 2. The number of amidine groups is 1. The molecule has 0 saturated heterocycles. The highest BCUT2D eigenvalue weighted by molar-refractivity contribution is 8.13. The van der Waals surface area contributed by atoms with E-state index in [0.717, 1.165) is 27.0 Å². The second-order valence-corrected chi connectivity index (χ2v) is 9.18. The zero-order chi connectivity index (χ0) is 23.8. The number of aliphatic imine (C=N–C) groups is 1. The van der Waals surface area contributed by atoms with Crippen molar-refractivity contribution in [2.75, 3.05) is 32.6 Å². The van der Waals surface area contributed by atoms with Crippen molar-refractivity contribution in [3.05, 3.63) is 82.4 Å². The van der Waals surface area contributed by atoms with Crippen LogP contribution in [0, 0.1) is 13.8 Å². The number of nitrogens with one attached hydrogen (secondary N) is 1. The van der Waals surface area contributed by atoms with Gasteiger partial charge in [-0.2, -0.15) is 0 Å². The number of hydrogen-bond acceptors (Lipinski definition) is 5. The van der Waals surface area contributed by atoms with Gasteiger partial charge < -0.3 is 20.1 Å². The summed E-state index contributed by atoms with van der Waals surface area (Å²) in [6.07, 6.45) is 0. The van der Waals surface area contributed by atoms with Gasteiger partial charge >= 0.3 is 0 Å². The smallest absolute Gasteiger partial charge is 0.169 e. The molecule has 3 rings (SSSR count). The molecule has 3 aromatic carbocycles. The Bertz CT molecular complexity index is 1100. The van der Waals surface area contributed by atoms with Crippen molar-refractivity contribution >= 4 is 39.9 Å². The van der Waals surface area contributed by atoms with Gasteiger partial charge in [0.1, 0.15) is 5.75 Å². The topological polar surface area (TPSA) is 57.1 Å². The molecule has 0 aliphatic heterocycles.